The van der Waals surface area contributed by atoms with E-state index in [1.54, 1.807) is 0 Å². The smallest absolute Gasteiger partial charge is 0.143 e. The minimum Gasteiger partial charge on any atom is -0.410 e. The number of hydrogen-bond acceptors (Lipinski definition) is 4. The van der Waals surface area contributed by atoms with E-state index < -0.39 is 0 Å². The monoisotopic (exact) mass is 175 g/mol. The first-order valence-corrected chi connectivity index (χ1v) is 4.70. The number of thioether (sulfide) groups is 1. The van der Waals surface area contributed by atoms with Gasteiger partial charge in [0.1, 0.15) is 16.6 Å². The molecule has 0 radical (unpaired) electrons. The molecule has 0 saturated carbocycles. The van der Waals surface area contributed by atoms with Crippen LogP contribution >= 0.6 is 11.8 Å². The van der Waals surface area contributed by atoms with Gasteiger partial charge in [0.25, 0.3) is 0 Å². The molecule has 0 aromatic carbocycles. The van der Waals surface area contributed by atoms with Crippen LogP contribution < -0.4 is 0 Å². The summed E-state index contributed by atoms with van der Waals surface area (Å²) in [6.45, 7) is 4.01. The van der Waals surface area contributed by atoms with Crippen LogP contribution in [0.4, 0.5) is 0 Å². The normalized spacial score (nSPS) is 34.9. The summed E-state index contributed by atoms with van der Waals surface area (Å²) in [6.07, 6.45) is 2.10. The lowest BCUT2D eigenvalue weighted by atomic mass is 10.3. The van der Waals surface area contributed by atoms with Gasteiger partial charge >= 0.3 is 0 Å². The van der Waals surface area contributed by atoms with Crippen molar-refractivity contribution >= 4 is 16.8 Å². The van der Waals surface area contributed by atoms with Gasteiger partial charge in [0.15, 0.2) is 0 Å². The Balaban J connectivity index is 2.43. The fraction of sp³-hybridized carbons (Fsp3) is 0.857. The molecular weight excluding hydrogens is 162 g/mol. The van der Waals surface area contributed by atoms with Gasteiger partial charge in [-0.3, -0.25) is 0 Å². The van der Waals surface area contributed by atoms with Crippen molar-refractivity contribution in [3.05, 3.63) is 0 Å². The molecule has 64 valence electrons. The van der Waals surface area contributed by atoms with Gasteiger partial charge in [0.2, 0.25) is 0 Å². The zero-order chi connectivity index (χ0) is 8.27. The SMILES string of the molecule is CCCC1OC(C)/C(=N/O)S1. The molecule has 2 atom stereocenters. The summed E-state index contributed by atoms with van der Waals surface area (Å²) in [5.41, 5.74) is 0.195. The Kier molecular flexibility index (Phi) is 3.20. The largest absolute Gasteiger partial charge is 0.410 e. The summed E-state index contributed by atoms with van der Waals surface area (Å²) in [7, 11) is 0. The summed E-state index contributed by atoms with van der Waals surface area (Å²) in [5, 5.41) is 12.4. The van der Waals surface area contributed by atoms with Crippen LogP contribution in [0.2, 0.25) is 0 Å². The summed E-state index contributed by atoms with van der Waals surface area (Å²) in [4.78, 5) is 0. The van der Waals surface area contributed by atoms with E-state index in [0.29, 0.717) is 5.04 Å². The molecule has 1 rings (SSSR count). The highest BCUT2D eigenvalue weighted by Gasteiger charge is 2.28. The van der Waals surface area contributed by atoms with E-state index in [1.165, 1.54) is 11.8 Å². The van der Waals surface area contributed by atoms with E-state index in [4.69, 9.17) is 9.94 Å². The van der Waals surface area contributed by atoms with E-state index in [1.807, 2.05) is 6.92 Å². The van der Waals surface area contributed by atoms with E-state index in [-0.39, 0.29) is 11.5 Å². The minimum absolute atomic E-state index is 0.0263. The molecule has 0 aromatic heterocycles. The lowest BCUT2D eigenvalue weighted by Gasteiger charge is -2.05. The number of nitrogens with zero attached hydrogens (tertiary/aromatic N) is 1. The summed E-state index contributed by atoms with van der Waals surface area (Å²) in [5.74, 6) is 0. The molecule has 4 heteroatoms. The van der Waals surface area contributed by atoms with Crippen LogP contribution in [0.5, 0.6) is 0 Å². The van der Waals surface area contributed by atoms with Gasteiger partial charge in [0.05, 0.1) is 0 Å². The van der Waals surface area contributed by atoms with Crippen LogP contribution in [0.3, 0.4) is 0 Å². The molecule has 1 aliphatic heterocycles. The second-order valence-electron chi connectivity index (χ2n) is 2.55. The molecule has 0 aromatic rings. The number of oxime groups is 1. The zero-order valence-corrected chi connectivity index (χ0v) is 7.60. The average Bonchev–Trinajstić information content (AvgIpc) is 2.32. The molecular formula is C7H13NO2S. The third-order valence-electron chi connectivity index (χ3n) is 1.58. The van der Waals surface area contributed by atoms with Crippen LogP contribution in [0.15, 0.2) is 5.16 Å². The Bertz CT molecular complexity index is 161. The van der Waals surface area contributed by atoms with E-state index in [9.17, 15) is 0 Å². The summed E-state index contributed by atoms with van der Waals surface area (Å²) >= 11 is 1.52. The molecule has 0 spiro atoms. The first-order valence-electron chi connectivity index (χ1n) is 3.82. The molecule has 3 nitrogen and oxygen atoms in total. The highest BCUT2D eigenvalue weighted by atomic mass is 32.2. The van der Waals surface area contributed by atoms with Crippen molar-refractivity contribution in [2.45, 2.75) is 38.2 Å². The fourth-order valence-corrected chi connectivity index (χ4v) is 2.15. The third kappa shape index (κ3) is 2.10. The first-order chi connectivity index (χ1) is 5.27. The van der Waals surface area contributed by atoms with Gasteiger partial charge in [-0.2, -0.15) is 0 Å². The highest BCUT2D eigenvalue weighted by Crippen LogP contribution is 2.30. The van der Waals surface area contributed by atoms with Crippen molar-refractivity contribution < 1.29 is 9.94 Å². The van der Waals surface area contributed by atoms with Crippen molar-refractivity contribution in [3.63, 3.8) is 0 Å². The van der Waals surface area contributed by atoms with Gasteiger partial charge in [-0.1, -0.05) is 30.3 Å². The number of hydrogen-bond donors (Lipinski definition) is 1. The predicted octanol–water partition coefficient (Wildman–Crippen LogP) is 2.05. The lowest BCUT2D eigenvalue weighted by molar-refractivity contribution is 0.0931. The van der Waals surface area contributed by atoms with Crippen molar-refractivity contribution in [1.82, 2.24) is 0 Å². The molecule has 1 fully saturated rings. The molecule has 1 aliphatic rings. The lowest BCUT2D eigenvalue weighted by Crippen LogP contribution is -2.10. The maximum Gasteiger partial charge on any atom is 0.143 e. The average molecular weight is 175 g/mol. The zero-order valence-electron chi connectivity index (χ0n) is 6.78. The van der Waals surface area contributed by atoms with Crippen LogP contribution in [-0.2, 0) is 4.74 Å². The highest BCUT2D eigenvalue weighted by molar-refractivity contribution is 8.14. The van der Waals surface area contributed by atoms with Gasteiger partial charge in [0, 0.05) is 0 Å². The summed E-state index contributed by atoms with van der Waals surface area (Å²) in [6, 6.07) is 0. The van der Waals surface area contributed by atoms with Crippen LogP contribution in [0.25, 0.3) is 0 Å². The van der Waals surface area contributed by atoms with Gasteiger partial charge in [-0.05, 0) is 13.3 Å². The van der Waals surface area contributed by atoms with E-state index in [2.05, 4.69) is 12.1 Å². The van der Waals surface area contributed by atoms with Crippen molar-refractivity contribution in [2.24, 2.45) is 5.16 Å². The minimum atomic E-state index is -0.0263. The maximum absolute atomic E-state index is 8.51. The molecule has 0 aliphatic carbocycles. The quantitative estimate of drug-likeness (QED) is 0.516. The summed E-state index contributed by atoms with van der Waals surface area (Å²) < 4.78 is 5.48. The second-order valence-corrected chi connectivity index (χ2v) is 3.73. The Morgan fingerprint density at radius 3 is 2.91 bits per heavy atom. The molecule has 2 unspecified atom stereocenters. The molecule has 0 bridgehead atoms. The number of rotatable bonds is 2. The van der Waals surface area contributed by atoms with Crippen LogP contribution in [0, 0.1) is 0 Å². The Labute approximate surface area is 70.8 Å². The molecule has 1 saturated heterocycles. The van der Waals surface area contributed by atoms with Crippen molar-refractivity contribution in [3.8, 4) is 0 Å². The van der Waals surface area contributed by atoms with Crippen molar-refractivity contribution in [2.75, 3.05) is 0 Å². The second kappa shape index (κ2) is 3.97. The predicted molar refractivity (Wildman–Crippen MR) is 46.1 cm³/mol. The standard InChI is InChI=1S/C7H13NO2S/c1-3-4-6-10-5(2)7(8-9)11-6/h5-6,9H,3-4H2,1-2H3/b8-7-. The third-order valence-corrected chi connectivity index (χ3v) is 2.84. The van der Waals surface area contributed by atoms with Gasteiger partial charge in [-0.15, -0.1) is 0 Å². The van der Waals surface area contributed by atoms with Crippen molar-refractivity contribution in [1.29, 1.82) is 0 Å². The molecule has 11 heavy (non-hydrogen) atoms. The molecule has 1 heterocycles. The van der Waals surface area contributed by atoms with E-state index in [0.717, 1.165) is 12.8 Å². The maximum atomic E-state index is 8.51. The molecule has 1 N–H and O–H groups in total. The Hall–Kier alpha value is -0.220. The number of ether oxygens (including phenoxy) is 1. The topological polar surface area (TPSA) is 41.8 Å². The van der Waals surface area contributed by atoms with Gasteiger partial charge in [-0.25, -0.2) is 0 Å². The van der Waals surface area contributed by atoms with Crippen LogP contribution in [-0.4, -0.2) is 21.8 Å². The Morgan fingerprint density at radius 2 is 2.45 bits per heavy atom. The van der Waals surface area contributed by atoms with E-state index >= 15 is 0 Å². The fourth-order valence-electron chi connectivity index (χ4n) is 1.01. The van der Waals surface area contributed by atoms with Gasteiger partial charge < -0.3 is 9.94 Å². The Morgan fingerprint density at radius 1 is 1.73 bits per heavy atom. The van der Waals surface area contributed by atoms with Crippen LogP contribution in [0.1, 0.15) is 26.7 Å². The first kappa shape index (κ1) is 8.87. The molecule has 0 amide bonds.